The Labute approximate surface area is 199 Å². The Kier molecular flexibility index (Phi) is 7.32. The van der Waals surface area contributed by atoms with Crippen LogP contribution in [0.15, 0.2) is 52.0 Å². The summed E-state index contributed by atoms with van der Waals surface area (Å²) in [5.41, 5.74) is 2.91. The van der Waals surface area contributed by atoms with Crippen molar-refractivity contribution < 1.29 is 27.2 Å². The molecule has 1 unspecified atom stereocenters. The van der Waals surface area contributed by atoms with Gasteiger partial charge in [0.25, 0.3) is 5.91 Å². The van der Waals surface area contributed by atoms with Gasteiger partial charge in [0.1, 0.15) is 5.76 Å². The van der Waals surface area contributed by atoms with Crippen molar-refractivity contribution in [1.29, 1.82) is 0 Å². The van der Waals surface area contributed by atoms with E-state index < -0.39 is 28.0 Å². The fourth-order valence-corrected chi connectivity index (χ4v) is 4.36. The number of ether oxygens (including phenoxy) is 1. The molecule has 0 saturated heterocycles. The summed E-state index contributed by atoms with van der Waals surface area (Å²) < 4.78 is 38.7. The number of carbonyl (C=O) groups is 2. The molecule has 1 N–H and O–H groups in total. The Balaban J connectivity index is 1.73. The summed E-state index contributed by atoms with van der Waals surface area (Å²) in [7, 11) is -0.803. The molecule has 0 aliphatic carbocycles. The van der Waals surface area contributed by atoms with Crippen LogP contribution in [0.2, 0.25) is 0 Å². The molecule has 3 rings (SSSR count). The van der Waals surface area contributed by atoms with Gasteiger partial charge in [0.05, 0.1) is 23.3 Å². The summed E-state index contributed by atoms with van der Waals surface area (Å²) in [6, 6.07) is 9.83. The van der Waals surface area contributed by atoms with E-state index in [4.69, 9.17) is 9.15 Å². The van der Waals surface area contributed by atoms with E-state index in [1.807, 2.05) is 17.6 Å². The maximum atomic E-state index is 12.8. The van der Waals surface area contributed by atoms with Gasteiger partial charge < -0.3 is 19.0 Å². The normalized spacial score (nSPS) is 12.6. The molecule has 1 amide bonds. The lowest BCUT2D eigenvalue weighted by Crippen LogP contribution is -2.30. The van der Waals surface area contributed by atoms with Crippen LogP contribution in [0, 0.1) is 20.8 Å². The van der Waals surface area contributed by atoms with Crippen LogP contribution >= 0.6 is 0 Å². The summed E-state index contributed by atoms with van der Waals surface area (Å²) in [5, 5.41) is 2.66. The molecule has 0 spiro atoms. The number of anilines is 1. The minimum atomic E-state index is -3.67. The van der Waals surface area contributed by atoms with Crippen LogP contribution in [0.3, 0.4) is 0 Å². The summed E-state index contributed by atoms with van der Waals surface area (Å²) in [5.74, 6) is -0.439. The summed E-state index contributed by atoms with van der Waals surface area (Å²) >= 11 is 0. The molecule has 1 atom stereocenters. The van der Waals surface area contributed by atoms with Crippen LogP contribution in [0.25, 0.3) is 0 Å². The first kappa shape index (κ1) is 25.3. The Morgan fingerprint density at radius 2 is 1.85 bits per heavy atom. The third-order valence-corrected chi connectivity index (χ3v) is 7.40. The maximum absolute atomic E-state index is 12.8. The Morgan fingerprint density at radius 1 is 1.15 bits per heavy atom. The molecule has 0 aliphatic rings. The van der Waals surface area contributed by atoms with Crippen LogP contribution in [0.5, 0.6) is 0 Å². The van der Waals surface area contributed by atoms with Crippen molar-refractivity contribution in [3.8, 4) is 0 Å². The number of esters is 1. The van der Waals surface area contributed by atoms with Gasteiger partial charge in [-0.25, -0.2) is 17.5 Å². The maximum Gasteiger partial charge on any atom is 0.340 e. The zero-order valence-corrected chi connectivity index (χ0v) is 20.9. The molecule has 182 valence electrons. The second-order valence-corrected chi connectivity index (χ2v) is 10.4. The van der Waals surface area contributed by atoms with Crippen LogP contribution in [0.1, 0.15) is 40.0 Å². The average molecular weight is 488 g/mol. The van der Waals surface area contributed by atoms with Crippen LogP contribution < -0.4 is 5.32 Å². The molecule has 0 saturated carbocycles. The van der Waals surface area contributed by atoms with Crippen molar-refractivity contribution in [3.05, 3.63) is 70.9 Å². The first-order valence-electron chi connectivity index (χ1n) is 10.7. The minimum Gasteiger partial charge on any atom is -0.467 e. The van der Waals surface area contributed by atoms with Gasteiger partial charge in [0, 0.05) is 31.2 Å². The number of nitrogens with zero attached hydrogens (tertiary/aromatic N) is 2. The number of aryl methyl sites for hydroxylation is 2. The Bertz CT molecular complexity index is 1310. The summed E-state index contributed by atoms with van der Waals surface area (Å²) in [6.07, 6.45) is 0.487. The van der Waals surface area contributed by atoms with E-state index in [0.29, 0.717) is 29.1 Å². The second-order valence-electron chi connectivity index (χ2n) is 8.25. The van der Waals surface area contributed by atoms with E-state index >= 15 is 0 Å². The molecule has 0 aliphatic heterocycles. The summed E-state index contributed by atoms with van der Waals surface area (Å²) in [6.45, 7) is 7.36. The monoisotopic (exact) mass is 487 g/mol. The van der Waals surface area contributed by atoms with Crippen LogP contribution in [-0.2, 0) is 26.1 Å². The van der Waals surface area contributed by atoms with Crippen LogP contribution in [0.4, 0.5) is 5.69 Å². The highest BCUT2D eigenvalue weighted by atomic mass is 32.2. The summed E-state index contributed by atoms with van der Waals surface area (Å²) in [4.78, 5) is 25.6. The lowest BCUT2D eigenvalue weighted by molar-refractivity contribution is -0.123. The van der Waals surface area contributed by atoms with Crippen LogP contribution in [-0.4, -0.2) is 49.4 Å². The van der Waals surface area contributed by atoms with E-state index in [9.17, 15) is 18.0 Å². The van der Waals surface area contributed by atoms with Gasteiger partial charge in [0.2, 0.25) is 10.0 Å². The number of carbonyl (C=O) groups excluding carboxylic acids is 2. The quantitative estimate of drug-likeness (QED) is 0.487. The predicted octanol–water partition coefficient (Wildman–Crippen LogP) is 3.49. The molecular formula is C24H29N3O6S. The molecule has 2 aromatic heterocycles. The molecule has 0 fully saturated rings. The lowest BCUT2D eigenvalue weighted by Gasteiger charge is -2.17. The third-order valence-electron chi connectivity index (χ3n) is 5.59. The molecule has 9 nitrogen and oxygen atoms in total. The molecule has 1 aromatic carbocycles. The number of hydrogen-bond donors (Lipinski definition) is 1. The van der Waals surface area contributed by atoms with Gasteiger partial charge in [0.15, 0.2) is 6.10 Å². The molecule has 2 heterocycles. The highest BCUT2D eigenvalue weighted by Crippen LogP contribution is 2.23. The number of hydrogen-bond acceptors (Lipinski definition) is 6. The zero-order chi connectivity index (χ0) is 25.2. The fourth-order valence-electron chi connectivity index (χ4n) is 3.43. The highest BCUT2D eigenvalue weighted by molar-refractivity contribution is 7.89. The minimum absolute atomic E-state index is 0.0482. The smallest absolute Gasteiger partial charge is 0.340 e. The molecular weight excluding hydrogens is 458 g/mol. The first-order chi connectivity index (χ1) is 15.9. The molecule has 0 radical (unpaired) electrons. The van der Waals surface area contributed by atoms with Crippen molar-refractivity contribution in [3.63, 3.8) is 0 Å². The number of aromatic nitrogens is 1. The van der Waals surface area contributed by atoms with Crippen molar-refractivity contribution in [2.45, 2.75) is 45.2 Å². The molecule has 34 heavy (non-hydrogen) atoms. The highest BCUT2D eigenvalue weighted by Gasteiger charge is 2.24. The molecule has 3 aromatic rings. The van der Waals surface area contributed by atoms with Gasteiger partial charge in [-0.1, -0.05) is 6.07 Å². The van der Waals surface area contributed by atoms with Gasteiger partial charge in [-0.2, -0.15) is 0 Å². The second kappa shape index (κ2) is 9.86. The van der Waals surface area contributed by atoms with Crippen molar-refractivity contribution in [2.75, 3.05) is 19.4 Å². The Morgan fingerprint density at radius 3 is 2.47 bits per heavy atom. The van der Waals surface area contributed by atoms with Crippen molar-refractivity contribution in [1.82, 2.24) is 8.87 Å². The molecule has 0 bridgehead atoms. The van der Waals surface area contributed by atoms with Gasteiger partial charge in [-0.15, -0.1) is 0 Å². The Hall–Kier alpha value is -3.37. The SMILES string of the molecule is Cc1ccc(S(=O)(=O)N(C)C)cc1NC(=O)C(C)OC(=O)c1cc(C)n(Cc2ccco2)c1C. The topological polar surface area (TPSA) is 111 Å². The van der Waals surface area contributed by atoms with E-state index in [0.717, 1.165) is 15.8 Å². The first-order valence-corrected chi connectivity index (χ1v) is 12.1. The third kappa shape index (κ3) is 5.23. The standard InChI is InChI=1S/C24H29N3O6S/c1-15-9-10-20(34(30,31)26(5)6)13-22(15)25-23(28)18(4)33-24(29)21-12-16(2)27(17(21)3)14-19-8-7-11-32-19/h7-13,18H,14H2,1-6H3,(H,25,28). The van der Waals surface area contributed by atoms with Gasteiger partial charge >= 0.3 is 5.97 Å². The van der Waals surface area contributed by atoms with Crippen molar-refractivity contribution in [2.24, 2.45) is 0 Å². The zero-order valence-electron chi connectivity index (χ0n) is 20.1. The fraction of sp³-hybridized carbons (Fsp3) is 0.333. The number of sulfonamides is 1. The number of furan rings is 1. The number of amides is 1. The van der Waals surface area contributed by atoms with Gasteiger partial charge in [-0.3, -0.25) is 4.79 Å². The predicted molar refractivity (Wildman–Crippen MR) is 127 cm³/mol. The number of nitrogens with one attached hydrogen (secondary N) is 1. The van der Waals surface area contributed by atoms with Crippen molar-refractivity contribution >= 4 is 27.6 Å². The van der Waals surface area contributed by atoms with Gasteiger partial charge in [-0.05, 0) is 63.6 Å². The largest absolute Gasteiger partial charge is 0.467 e. The molecule has 10 heteroatoms. The van der Waals surface area contributed by atoms with E-state index in [-0.39, 0.29) is 4.90 Å². The number of rotatable bonds is 8. The average Bonchev–Trinajstić information content (AvgIpc) is 3.38. The van der Waals surface area contributed by atoms with E-state index in [1.165, 1.54) is 33.2 Å². The lowest BCUT2D eigenvalue weighted by atomic mass is 10.2. The van der Waals surface area contributed by atoms with E-state index in [1.54, 1.807) is 38.3 Å². The van der Waals surface area contributed by atoms with E-state index in [2.05, 4.69) is 5.32 Å². The number of benzene rings is 1.